The predicted molar refractivity (Wildman–Crippen MR) is 334 cm³/mol. The summed E-state index contributed by atoms with van der Waals surface area (Å²) < 4.78 is 34.5. The van der Waals surface area contributed by atoms with Crippen LogP contribution in [0.1, 0.15) is 219 Å². The monoisotopic (exact) mass is 1100 g/mol. The molecule has 0 aromatic rings. The van der Waals surface area contributed by atoms with Gasteiger partial charge in [-0.05, 0) is 116 Å². The molecular weight excluding hydrogens is 990 g/mol. The Balaban J connectivity index is 4.04. The van der Waals surface area contributed by atoms with Crippen molar-refractivity contribution in [3.05, 3.63) is 146 Å². The summed E-state index contributed by atoms with van der Waals surface area (Å²) in [6, 6.07) is 0. The molecule has 0 spiro atoms. The largest absolute Gasteiger partial charge is 0.472 e. The molecule has 0 aromatic heterocycles. The van der Waals surface area contributed by atoms with Gasteiger partial charge in [0.25, 0.3) is 0 Å². The predicted octanol–water partition coefficient (Wildman–Crippen LogP) is 19.5. The molecule has 10 heteroatoms. The van der Waals surface area contributed by atoms with Gasteiger partial charge in [-0.1, -0.05) is 237 Å². The molecule has 0 aliphatic rings. The van der Waals surface area contributed by atoms with Gasteiger partial charge in [0.1, 0.15) is 19.8 Å². The molecule has 0 bridgehead atoms. The molecular formula is C68H113NO8P+. The summed E-state index contributed by atoms with van der Waals surface area (Å²) in [7, 11) is 1.44. The second kappa shape index (κ2) is 57.6. The number of allylic oxidation sites excluding steroid dienone is 24. The fourth-order valence-electron chi connectivity index (χ4n) is 7.73. The van der Waals surface area contributed by atoms with Crippen molar-refractivity contribution in [3.8, 4) is 0 Å². The van der Waals surface area contributed by atoms with E-state index in [2.05, 4.69) is 160 Å². The average molecular weight is 1100 g/mol. The molecule has 0 saturated carbocycles. The minimum absolute atomic E-state index is 0.0203. The summed E-state index contributed by atoms with van der Waals surface area (Å²) in [5.74, 6) is -0.842. The second-order valence-electron chi connectivity index (χ2n) is 21.0. The van der Waals surface area contributed by atoms with E-state index < -0.39 is 32.5 Å². The van der Waals surface area contributed by atoms with E-state index in [-0.39, 0.29) is 26.1 Å². The number of phosphoric ester groups is 1. The first kappa shape index (κ1) is 73.9. The zero-order valence-corrected chi connectivity index (χ0v) is 51.0. The number of unbranched alkanes of at least 4 members (excludes halogenated alkanes) is 16. The quantitative estimate of drug-likeness (QED) is 0.0211. The molecule has 0 radical (unpaired) electrons. The van der Waals surface area contributed by atoms with Crippen LogP contribution in [0.2, 0.25) is 0 Å². The maximum Gasteiger partial charge on any atom is 0.472 e. The Hall–Kier alpha value is -4.11. The summed E-state index contributed by atoms with van der Waals surface area (Å²) in [6.07, 6.45) is 85.2. The molecule has 78 heavy (non-hydrogen) atoms. The highest BCUT2D eigenvalue weighted by Crippen LogP contribution is 2.43. The molecule has 0 fully saturated rings. The highest BCUT2D eigenvalue weighted by Gasteiger charge is 2.27. The lowest BCUT2D eigenvalue weighted by Crippen LogP contribution is -2.37. The van der Waals surface area contributed by atoms with Gasteiger partial charge >= 0.3 is 19.8 Å². The Kier molecular flexibility index (Phi) is 54.5. The summed E-state index contributed by atoms with van der Waals surface area (Å²) in [4.78, 5) is 35.6. The van der Waals surface area contributed by atoms with Crippen LogP contribution in [0.3, 0.4) is 0 Å². The first-order valence-corrected chi connectivity index (χ1v) is 32.1. The number of phosphoric acid groups is 1. The zero-order valence-electron chi connectivity index (χ0n) is 50.1. The second-order valence-corrected chi connectivity index (χ2v) is 22.4. The van der Waals surface area contributed by atoms with Crippen LogP contribution in [0, 0.1) is 0 Å². The molecule has 0 aliphatic heterocycles. The number of ether oxygens (including phenoxy) is 2. The number of quaternary nitrogens is 1. The Morgan fingerprint density at radius 2 is 0.692 bits per heavy atom. The Bertz CT molecular complexity index is 1820. The topological polar surface area (TPSA) is 108 Å². The highest BCUT2D eigenvalue weighted by atomic mass is 31.2. The number of carbonyl (C=O) groups is 2. The molecule has 2 atom stereocenters. The molecule has 0 aromatic carbocycles. The summed E-state index contributed by atoms with van der Waals surface area (Å²) in [5, 5.41) is 0. The molecule has 9 nitrogen and oxygen atoms in total. The number of carbonyl (C=O) groups excluding carboxylic acids is 2. The van der Waals surface area contributed by atoms with E-state index in [0.29, 0.717) is 23.9 Å². The number of esters is 2. The third kappa shape index (κ3) is 61.1. The third-order valence-corrected chi connectivity index (χ3v) is 13.3. The molecule has 0 amide bonds. The normalized spacial score (nSPS) is 14.3. The summed E-state index contributed by atoms with van der Waals surface area (Å²) in [5.41, 5.74) is 0. The van der Waals surface area contributed by atoms with Gasteiger partial charge in [0.05, 0.1) is 27.7 Å². The van der Waals surface area contributed by atoms with Gasteiger partial charge in [-0.25, -0.2) is 4.57 Å². The van der Waals surface area contributed by atoms with Crippen LogP contribution in [-0.2, 0) is 32.7 Å². The van der Waals surface area contributed by atoms with Gasteiger partial charge < -0.3 is 18.9 Å². The molecule has 2 unspecified atom stereocenters. The van der Waals surface area contributed by atoms with Crippen molar-refractivity contribution in [2.45, 2.75) is 225 Å². The van der Waals surface area contributed by atoms with Crippen molar-refractivity contribution in [3.63, 3.8) is 0 Å². The van der Waals surface area contributed by atoms with Crippen LogP contribution in [-0.4, -0.2) is 74.9 Å². The number of hydrogen-bond donors (Lipinski definition) is 1. The van der Waals surface area contributed by atoms with Crippen LogP contribution >= 0.6 is 7.82 Å². The van der Waals surface area contributed by atoms with Gasteiger partial charge in [-0.3, -0.25) is 18.6 Å². The van der Waals surface area contributed by atoms with Crippen LogP contribution in [0.15, 0.2) is 146 Å². The standard InChI is InChI=1S/C68H112NO8P/c1-6-8-10-12-14-16-18-20-21-22-23-24-25-26-27-28-29-30-31-32-33-34-35-36-37-38-39-40-41-42-43-44-45-46-47-49-51-53-55-57-59-61-68(71)77-66(65-76-78(72,73)75-63-62-69(3,4)5)64-74-67(70)60-58-56-54-52-50-48-19-17-15-13-11-9-7-2/h8-11,14-17,20-21,23-24,26-27,29-30,32-33,35-36,38-39,48,50,66H,6-7,12-13,18-19,22,25,28,31,34,37,40-47,49,51-65H2,1-5H3/p+1/b10-8-,11-9-,16-14-,17-15-,21-20-,24-23-,27-26-,30-29-,33-32-,36-35-,39-38-,50-48-. The molecule has 442 valence electrons. The van der Waals surface area contributed by atoms with Crippen molar-refractivity contribution in [2.24, 2.45) is 0 Å². The minimum atomic E-state index is -4.40. The van der Waals surface area contributed by atoms with E-state index in [1.165, 1.54) is 64.2 Å². The Morgan fingerprint density at radius 3 is 1.04 bits per heavy atom. The Labute approximate surface area is 478 Å². The van der Waals surface area contributed by atoms with Gasteiger partial charge in [0, 0.05) is 12.8 Å². The maximum absolute atomic E-state index is 12.8. The average Bonchev–Trinajstić information content (AvgIpc) is 3.40. The first-order valence-electron chi connectivity index (χ1n) is 30.6. The van der Waals surface area contributed by atoms with E-state index >= 15 is 0 Å². The van der Waals surface area contributed by atoms with Crippen molar-refractivity contribution in [2.75, 3.05) is 47.5 Å². The number of hydrogen-bond acceptors (Lipinski definition) is 7. The molecule has 0 aliphatic carbocycles. The third-order valence-electron chi connectivity index (χ3n) is 12.4. The van der Waals surface area contributed by atoms with E-state index in [9.17, 15) is 19.0 Å². The number of rotatable bonds is 54. The fraction of sp³-hybridized carbons (Fsp3) is 0.618. The SMILES string of the molecule is CC/C=C\C/C=C\C/C=C\C/C=C\C/C=C\C/C=C\C/C=C\C/C=C\C/C=C\CCCCCCCCCCCCCCCC(=O)OC(COC(=O)CCCCC/C=C\C/C=C\C/C=C\CC)COP(=O)(O)OCC[N+](C)(C)C. The van der Waals surface area contributed by atoms with Crippen molar-refractivity contribution >= 4 is 19.8 Å². The smallest absolute Gasteiger partial charge is 0.462 e. The zero-order chi connectivity index (χ0) is 57.0. The lowest BCUT2D eigenvalue weighted by atomic mass is 10.0. The Morgan fingerprint density at radius 1 is 0.397 bits per heavy atom. The fourth-order valence-corrected chi connectivity index (χ4v) is 8.47. The number of nitrogens with zero attached hydrogens (tertiary/aromatic N) is 1. The van der Waals surface area contributed by atoms with Crippen LogP contribution in [0.5, 0.6) is 0 Å². The van der Waals surface area contributed by atoms with E-state index in [1.807, 2.05) is 21.1 Å². The first-order chi connectivity index (χ1) is 38.0. The van der Waals surface area contributed by atoms with Crippen molar-refractivity contribution in [1.29, 1.82) is 0 Å². The minimum Gasteiger partial charge on any atom is -0.462 e. The van der Waals surface area contributed by atoms with Crippen LogP contribution < -0.4 is 0 Å². The van der Waals surface area contributed by atoms with Gasteiger partial charge in [0.15, 0.2) is 6.10 Å². The van der Waals surface area contributed by atoms with Crippen LogP contribution in [0.4, 0.5) is 0 Å². The summed E-state index contributed by atoms with van der Waals surface area (Å²) >= 11 is 0. The van der Waals surface area contributed by atoms with Crippen LogP contribution in [0.25, 0.3) is 0 Å². The lowest BCUT2D eigenvalue weighted by Gasteiger charge is -2.24. The number of likely N-dealkylation sites (N-methyl/N-ethyl adjacent to an activating group) is 1. The van der Waals surface area contributed by atoms with E-state index in [0.717, 1.165) is 116 Å². The van der Waals surface area contributed by atoms with E-state index in [1.54, 1.807) is 0 Å². The van der Waals surface area contributed by atoms with Gasteiger partial charge in [-0.2, -0.15) is 0 Å². The molecule has 0 saturated heterocycles. The van der Waals surface area contributed by atoms with Gasteiger partial charge in [0.2, 0.25) is 0 Å². The van der Waals surface area contributed by atoms with Crippen molar-refractivity contribution in [1.82, 2.24) is 0 Å². The highest BCUT2D eigenvalue weighted by molar-refractivity contribution is 7.47. The summed E-state index contributed by atoms with van der Waals surface area (Å²) in [6.45, 7) is 4.14. The maximum atomic E-state index is 12.8. The van der Waals surface area contributed by atoms with E-state index in [4.69, 9.17) is 18.5 Å². The van der Waals surface area contributed by atoms with Gasteiger partial charge in [-0.15, -0.1) is 0 Å². The molecule has 0 rings (SSSR count). The molecule has 0 heterocycles. The molecule has 1 N–H and O–H groups in total. The van der Waals surface area contributed by atoms with Crippen molar-refractivity contribution < 1.29 is 42.1 Å². The lowest BCUT2D eigenvalue weighted by molar-refractivity contribution is -0.870.